The molecule has 0 spiro atoms. The average molecular weight is 289 g/mol. The molecule has 2 N–H and O–H groups in total. The van der Waals surface area contributed by atoms with Gasteiger partial charge in [0.2, 0.25) is 0 Å². The molecule has 1 aromatic heterocycles. The van der Waals surface area contributed by atoms with E-state index in [0.717, 1.165) is 22.8 Å². The third kappa shape index (κ3) is 2.30. The first-order valence-electron chi connectivity index (χ1n) is 5.56. The number of benzene rings is 2. The fraction of sp³-hybridized carbons (Fsp3) is 0. The molecule has 3 rings (SSSR count). The van der Waals surface area contributed by atoms with Gasteiger partial charge in [0.05, 0.1) is 16.8 Å². The fourth-order valence-electron chi connectivity index (χ4n) is 1.71. The Morgan fingerprint density at radius 2 is 1.89 bits per heavy atom. The Hall–Kier alpha value is -1.98. The molecule has 0 saturated carbocycles. The van der Waals surface area contributed by atoms with E-state index in [1.807, 2.05) is 36.4 Å². The van der Waals surface area contributed by atoms with Crippen LogP contribution in [0.2, 0.25) is 5.02 Å². The summed E-state index contributed by atoms with van der Waals surface area (Å²) in [6, 6.07) is 13.1. The van der Waals surface area contributed by atoms with Gasteiger partial charge < -0.3 is 5.73 Å². The molecule has 2 aromatic carbocycles. The lowest BCUT2D eigenvalue weighted by atomic mass is 10.2. The lowest BCUT2D eigenvalue weighted by molar-refractivity contribution is 1.46. The highest BCUT2D eigenvalue weighted by Gasteiger charge is 2.10. The molecular weight excluding hydrogens is 280 g/mol. The third-order valence-electron chi connectivity index (χ3n) is 2.65. The number of hydrogen-bond acceptors (Lipinski definition) is 4. The molecule has 0 unspecified atom stereocenters. The zero-order chi connectivity index (χ0) is 13.2. The van der Waals surface area contributed by atoms with Gasteiger partial charge in [-0.25, -0.2) is 4.99 Å². The van der Waals surface area contributed by atoms with Gasteiger partial charge >= 0.3 is 0 Å². The molecule has 1 heterocycles. The maximum absolute atomic E-state index is 6.17. The Morgan fingerprint density at radius 3 is 2.68 bits per heavy atom. The molecule has 0 amide bonds. The van der Waals surface area contributed by atoms with Gasteiger partial charge in [0, 0.05) is 5.56 Å². The predicted octanol–water partition coefficient (Wildman–Crippen LogP) is 3.38. The van der Waals surface area contributed by atoms with Crippen molar-refractivity contribution in [3.8, 4) is 0 Å². The van der Waals surface area contributed by atoms with Crippen LogP contribution >= 0.6 is 23.3 Å². The van der Waals surface area contributed by atoms with Crippen molar-refractivity contribution in [2.45, 2.75) is 0 Å². The summed E-state index contributed by atoms with van der Waals surface area (Å²) in [5.74, 6) is 0.406. The second kappa shape index (κ2) is 4.95. The normalized spacial score (nSPS) is 11.9. The van der Waals surface area contributed by atoms with Gasteiger partial charge in [0.25, 0.3) is 0 Å². The smallest absolute Gasteiger partial charge is 0.132 e. The molecule has 0 atom stereocenters. The molecule has 0 fully saturated rings. The minimum Gasteiger partial charge on any atom is -0.383 e. The summed E-state index contributed by atoms with van der Waals surface area (Å²) in [6.07, 6.45) is 0. The van der Waals surface area contributed by atoms with E-state index >= 15 is 0 Å². The molecule has 94 valence electrons. The Labute approximate surface area is 118 Å². The van der Waals surface area contributed by atoms with Gasteiger partial charge in [-0.15, -0.1) is 0 Å². The van der Waals surface area contributed by atoms with Gasteiger partial charge in [-0.05, 0) is 12.1 Å². The Balaban J connectivity index is 2.15. The van der Waals surface area contributed by atoms with Crippen molar-refractivity contribution in [3.63, 3.8) is 0 Å². The first-order chi connectivity index (χ1) is 9.25. The second-order valence-electron chi connectivity index (χ2n) is 3.89. The minimum atomic E-state index is 0.406. The summed E-state index contributed by atoms with van der Waals surface area (Å²) in [5.41, 5.74) is 8.86. The number of hydrogen-bond donors (Lipinski definition) is 1. The SMILES string of the molecule is NC(=Nc1c(Cl)ccc2nsnc12)c1ccccc1. The van der Waals surface area contributed by atoms with Crippen LogP contribution in [0.15, 0.2) is 47.5 Å². The van der Waals surface area contributed by atoms with Crippen LogP contribution in [0.1, 0.15) is 5.56 Å². The Kier molecular flexibility index (Phi) is 3.15. The molecule has 19 heavy (non-hydrogen) atoms. The predicted molar refractivity (Wildman–Crippen MR) is 79.3 cm³/mol. The van der Waals surface area contributed by atoms with Gasteiger partial charge in [-0.1, -0.05) is 41.9 Å². The molecule has 0 aliphatic heterocycles. The van der Waals surface area contributed by atoms with Crippen LogP contribution < -0.4 is 5.73 Å². The molecule has 0 aliphatic rings. The highest BCUT2D eigenvalue weighted by Crippen LogP contribution is 2.32. The number of nitrogens with two attached hydrogens (primary N) is 1. The van der Waals surface area contributed by atoms with Crippen molar-refractivity contribution < 1.29 is 0 Å². The standard InChI is InChI=1S/C13H9ClN4S/c14-9-6-7-10-12(18-19-17-10)11(9)16-13(15)8-4-2-1-3-5-8/h1-7H,(H2,15,16). The summed E-state index contributed by atoms with van der Waals surface area (Å²) < 4.78 is 8.37. The minimum absolute atomic E-state index is 0.406. The quantitative estimate of drug-likeness (QED) is 0.581. The van der Waals surface area contributed by atoms with Crippen molar-refractivity contribution >= 4 is 45.9 Å². The summed E-state index contributed by atoms with van der Waals surface area (Å²) in [4.78, 5) is 4.40. The molecule has 0 bridgehead atoms. The topological polar surface area (TPSA) is 64.2 Å². The van der Waals surface area contributed by atoms with E-state index in [4.69, 9.17) is 17.3 Å². The number of rotatable bonds is 2. The first-order valence-corrected chi connectivity index (χ1v) is 6.67. The summed E-state index contributed by atoms with van der Waals surface area (Å²) in [6.45, 7) is 0. The van der Waals surface area contributed by atoms with Crippen LogP contribution in [0.25, 0.3) is 11.0 Å². The van der Waals surface area contributed by atoms with Crippen molar-refractivity contribution in [2.24, 2.45) is 10.7 Å². The van der Waals surface area contributed by atoms with Gasteiger partial charge in [-0.2, -0.15) is 8.75 Å². The largest absolute Gasteiger partial charge is 0.383 e. The molecule has 0 radical (unpaired) electrons. The van der Waals surface area contributed by atoms with E-state index in [1.54, 1.807) is 6.07 Å². The van der Waals surface area contributed by atoms with Crippen LogP contribution in [0.5, 0.6) is 0 Å². The molecule has 0 aliphatic carbocycles. The molecule has 4 nitrogen and oxygen atoms in total. The van der Waals surface area contributed by atoms with E-state index in [-0.39, 0.29) is 0 Å². The van der Waals surface area contributed by atoms with Crippen LogP contribution in [-0.2, 0) is 0 Å². The monoisotopic (exact) mass is 288 g/mol. The lowest BCUT2D eigenvalue weighted by Crippen LogP contribution is -2.12. The highest BCUT2D eigenvalue weighted by molar-refractivity contribution is 7.00. The number of fused-ring (bicyclic) bond motifs is 1. The maximum atomic E-state index is 6.17. The van der Waals surface area contributed by atoms with E-state index in [9.17, 15) is 0 Å². The Bertz CT molecular complexity index is 752. The first kappa shape index (κ1) is 12.1. The molecular formula is C13H9ClN4S. The highest BCUT2D eigenvalue weighted by atomic mass is 35.5. The summed E-state index contributed by atoms with van der Waals surface area (Å²) in [7, 11) is 0. The number of amidine groups is 1. The van der Waals surface area contributed by atoms with Gasteiger partial charge in [0.15, 0.2) is 0 Å². The molecule has 6 heteroatoms. The average Bonchev–Trinajstić information content (AvgIpc) is 2.91. The fourth-order valence-corrected chi connectivity index (χ4v) is 2.45. The van der Waals surface area contributed by atoms with E-state index < -0.39 is 0 Å². The van der Waals surface area contributed by atoms with Crippen LogP contribution in [-0.4, -0.2) is 14.6 Å². The van der Waals surface area contributed by atoms with Crippen molar-refractivity contribution in [1.82, 2.24) is 8.75 Å². The summed E-state index contributed by atoms with van der Waals surface area (Å²) >= 11 is 7.30. The Morgan fingerprint density at radius 1 is 1.11 bits per heavy atom. The van der Waals surface area contributed by atoms with Crippen LogP contribution in [0.3, 0.4) is 0 Å². The lowest BCUT2D eigenvalue weighted by Gasteiger charge is -2.02. The van der Waals surface area contributed by atoms with Crippen molar-refractivity contribution in [1.29, 1.82) is 0 Å². The third-order valence-corrected chi connectivity index (χ3v) is 3.50. The van der Waals surface area contributed by atoms with Crippen LogP contribution in [0.4, 0.5) is 5.69 Å². The summed E-state index contributed by atoms with van der Waals surface area (Å²) in [5, 5.41) is 0.513. The van der Waals surface area contributed by atoms with E-state index in [2.05, 4.69) is 13.7 Å². The maximum Gasteiger partial charge on any atom is 0.132 e. The number of aliphatic imine (C=N–C) groups is 1. The number of nitrogens with zero attached hydrogens (tertiary/aromatic N) is 3. The van der Waals surface area contributed by atoms with Crippen molar-refractivity contribution in [3.05, 3.63) is 53.1 Å². The zero-order valence-electron chi connectivity index (χ0n) is 9.75. The van der Waals surface area contributed by atoms with Gasteiger partial charge in [0.1, 0.15) is 22.6 Å². The number of halogens is 1. The van der Waals surface area contributed by atoms with Crippen LogP contribution in [0, 0.1) is 0 Å². The zero-order valence-corrected chi connectivity index (χ0v) is 11.3. The van der Waals surface area contributed by atoms with Crippen molar-refractivity contribution in [2.75, 3.05) is 0 Å². The van der Waals surface area contributed by atoms with E-state index in [1.165, 1.54) is 0 Å². The molecule has 0 saturated heterocycles. The molecule has 3 aromatic rings. The van der Waals surface area contributed by atoms with E-state index in [0.29, 0.717) is 22.1 Å². The second-order valence-corrected chi connectivity index (χ2v) is 4.83. The van der Waals surface area contributed by atoms with Gasteiger partial charge in [-0.3, -0.25) is 0 Å². The number of aromatic nitrogens is 2.